The van der Waals surface area contributed by atoms with Crippen molar-refractivity contribution < 1.29 is 9.53 Å². The number of nitrogens with one attached hydrogen (secondary N) is 2. The van der Waals surface area contributed by atoms with Gasteiger partial charge < -0.3 is 15.0 Å². The van der Waals surface area contributed by atoms with E-state index in [0.29, 0.717) is 26.0 Å². The van der Waals surface area contributed by atoms with Gasteiger partial charge >= 0.3 is 0 Å². The molecule has 2 N–H and O–H groups in total. The smallest absolute Gasteiger partial charge is 0.220 e. The van der Waals surface area contributed by atoms with E-state index in [4.69, 9.17) is 4.74 Å². The van der Waals surface area contributed by atoms with Crippen LogP contribution in [0.4, 0.5) is 0 Å². The molecule has 2 heterocycles. The second-order valence-electron chi connectivity index (χ2n) is 6.48. The number of aromatic amines is 1. The Hall–Kier alpha value is -2.60. The standard InChI is InChI=1S/C21H25N3O2S/c1-15-6-3-7-16(2)21(15)26-12-4-9-19(25)22-11-10-17-20(24-14-23-17)18-8-5-13-27-18/h3,5-8,13-14H,4,9-12H2,1-2H3,(H,22,25)(H,23,24). The molecule has 0 spiro atoms. The van der Waals surface area contributed by atoms with Crippen molar-refractivity contribution in [3.05, 3.63) is 58.9 Å². The summed E-state index contributed by atoms with van der Waals surface area (Å²) in [5, 5.41) is 5.01. The van der Waals surface area contributed by atoms with Gasteiger partial charge in [-0.3, -0.25) is 4.79 Å². The first kappa shape index (κ1) is 19.2. The molecule has 3 rings (SSSR count). The zero-order valence-electron chi connectivity index (χ0n) is 15.7. The van der Waals surface area contributed by atoms with E-state index in [-0.39, 0.29) is 5.91 Å². The predicted molar refractivity (Wildman–Crippen MR) is 109 cm³/mol. The third-order valence-electron chi connectivity index (χ3n) is 4.37. The molecule has 0 aliphatic heterocycles. The number of hydrogen-bond acceptors (Lipinski definition) is 4. The molecule has 3 aromatic rings. The Balaban J connectivity index is 1.37. The second-order valence-corrected chi connectivity index (χ2v) is 7.43. The number of benzene rings is 1. The Morgan fingerprint density at radius 2 is 2.04 bits per heavy atom. The van der Waals surface area contributed by atoms with E-state index in [1.54, 1.807) is 17.7 Å². The van der Waals surface area contributed by atoms with Gasteiger partial charge in [0.2, 0.25) is 5.91 Å². The zero-order chi connectivity index (χ0) is 19.1. The molecule has 2 aromatic heterocycles. The van der Waals surface area contributed by atoms with Gasteiger partial charge in [-0.2, -0.15) is 0 Å². The van der Waals surface area contributed by atoms with Crippen LogP contribution in [0.3, 0.4) is 0 Å². The Bertz CT molecular complexity index is 851. The maximum Gasteiger partial charge on any atom is 0.220 e. The molecule has 0 radical (unpaired) electrons. The summed E-state index contributed by atoms with van der Waals surface area (Å²) in [6.07, 6.45) is 3.60. The van der Waals surface area contributed by atoms with Crippen molar-refractivity contribution in [3.63, 3.8) is 0 Å². The highest BCUT2D eigenvalue weighted by molar-refractivity contribution is 7.13. The van der Waals surface area contributed by atoms with E-state index in [0.717, 1.165) is 39.6 Å². The number of aromatic nitrogens is 2. The lowest BCUT2D eigenvalue weighted by atomic mass is 10.1. The van der Waals surface area contributed by atoms with E-state index in [1.807, 2.05) is 43.5 Å². The van der Waals surface area contributed by atoms with Gasteiger partial charge in [0.1, 0.15) is 11.4 Å². The number of thiophene rings is 1. The van der Waals surface area contributed by atoms with Gasteiger partial charge in [0.25, 0.3) is 0 Å². The Morgan fingerprint density at radius 3 is 2.78 bits per heavy atom. The summed E-state index contributed by atoms with van der Waals surface area (Å²) >= 11 is 1.66. The van der Waals surface area contributed by atoms with Gasteiger partial charge in [0.15, 0.2) is 0 Å². The van der Waals surface area contributed by atoms with Crippen molar-refractivity contribution in [2.45, 2.75) is 33.1 Å². The van der Waals surface area contributed by atoms with Gasteiger partial charge in [-0.05, 0) is 42.8 Å². The largest absolute Gasteiger partial charge is 0.493 e. The van der Waals surface area contributed by atoms with E-state index < -0.39 is 0 Å². The highest BCUT2D eigenvalue weighted by atomic mass is 32.1. The predicted octanol–water partition coefficient (Wildman–Crippen LogP) is 4.27. The minimum atomic E-state index is 0.0531. The normalized spacial score (nSPS) is 10.7. The third kappa shape index (κ3) is 5.20. The molecule has 0 saturated carbocycles. The molecule has 6 heteroatoms. The fourth-order valence-electron chi connectivity index (χ4n) is 2.99. The Morgan fingerprint density at radius 1 is 1.22 bits per heavy atom. The maximum atomic E-state index is 12.0. The van der Waals surface area contributed by atoms with Crippen LogP contribution in [0.25, 0.3) is 10.6 Å². The number of carbonyl (C=O) groups excluding carboxylic acids is 1. The molecule has 1 aromatic carbocycles. The number of imidazole rings is 1. The fourth-order valence-corrected chi connectivity index (χ4v) is 3.73. The minimum absolute atomic E-state index is 0.0531. The van der Waals surface area contributed by atoms with E-state index in [2.05, 4.69) is 21.4 Å². The lowest BCUT2D eigenvalue weighted by Crippen LogP contribution is -2.26. The van der Waals surface area contributed by atoms with Crippen LogP contribution < -0.4 is 10.1 Å². The minimum Gasteiger partial charge on any atom is -0.493 e. The highest BCUT2D eigenvalue weighted by Crippen LogP contribution is 2.25. The first-order chi connectivity index (χ1) is 13.1. The summed E-state index contributed by atoms with van der Waals surface area (Å²) in [6.45, 7) is 5.21. The number of nitrogens with zero attached hydrogens (tertiary/aromatic N) is 1. The molecule has 27 heavy (non-hydrogen) atoms. The zero-order valence-corrected chi connectivity index (χ0v) is 16.6. The van der Waals surface area contributed by atoms with Crippen LogP contribution in [0.5, 0.6) is 5.75 Å². The molecule has 0 aliphatic carbocycles. The SMILES string of the molecule is Cc1cccc(C)c1OCCCC(=O)NCCc1[nH]cnc1-c1cccs1. The van der Waals surface area contributed by atoms with Gasteiger partial charge in [-0.15, -0.1) is 11.3 Å². The Kier molecular flexibility index (Phi) is 6.65. The molecule has 0 saturated heterocycles. The summed E-state index contributed by atoms with van der Waals surface area (Å²) in [5.41, 5.74) is 4.28. The average Bonchev–Trinajstić information content (AvgIpc) is 3.32. The first-order valence-electron chi connectivity index (χ1n) is 9.17. The van der Waals surface area contributed by atoms with E-state index >= 15 is 0 Å². The van der Waals surface area contributed by atoms with Gasteiger partial charge in [-0.1, -0.05) is 24.3 Å². The molecular weight excluding hydrogens is 358 g/mol. The number of aryl methyl sites for hydroxylation is 2. The number of para-hydroxylation sites is 1. The molecular formula is C21H25N3O2S. The van der Waals surface area contributed by atoms with Crippen LogP contribution in [0.15, 0.2) is 42.0 Å². The summed E-state index contributed by atoms with van der Waals surface area (Å²) < 4.78 is 5.85. The first-order valence-corrected chi connectivity index (χ1v) is 10.0. The molecule has 1 amide bonds. The van der Waals surface area contributed by atoms with Crippen molar-refractivity contribution in [3.8, 4) is 16.3 Å². The quantitative estimate of drug-likeness (QED) is 0.542. The van der Waals surface area contributed by atoms with Crippen molar-refractivity contribution >= 4 is 17.2 Å². The van der Waals surface area contributed by atoms with Gasteiger partial charge in [0.05, 0.1) is 17.8 Å². The number of H-pyrrole nitrogens is 1. The maximum absolute atomic E-state index is 12.0. The summed E-state index contributed by atoms with van der Waals surface area (Å²) in [5.74, 6) is 0.982. The van der Waals surface area contributed by atoms with E-state index in [1.165, 1.54) is 0 Å². The number of carbonyl (C=O) groups is 1. The monoisotopic (exact) mass is 383 g/mol. The molecule has 0 bridgehead atoms. The van der Waals surface area contributed by atoms with Gasteiger partial charge in [-0.25, -0.2) is 4.98 Å². The molecule has 5 nitrogen and oxygen atoms in total. The average molecular weight is 384 g/mol. The number of hydrogen-bond donors (Lipinski definition) is 2. The number of amides is 1. The van der Waals surface area contributed by atoms with Crippen molar-refractivity contribution in [2.24, 2.45) is 0 Å². The third-order valence-corrected chi connectivity index (χ3v) is 5.25. The molecule has 0 atom stereocenters. The van der Waals surface area contributed by atoms with Crippen molar-refractivity contribution in [1.29, 1.82) is 0 Å². The molecule has 0 fully saturated rings. The summed E-state index contributed by atoms with van der Waals surface area (Å²) in [7, 11) is 0. The van der Waals surface area contributed by atoms with Crippen LogP contribution in [0.1, 0.15) is 29.7 Å². The highest BCUT2D eigenvalue weighted by Gasteiger charge is 2.10. The Labute approximate surface area is 163 Å². The fraction of sp³-hybridized carbons (Fsp3) is 0.333. The van der Waals surface area contributed by atoms with Crippen LogP contribution >= 0.6 is 11.3 Å². The van der Waals surface area contributed by atoms with Gasteiger partial charge in [0, 0.05) is 25.1 Å². The van der Waals surface area contributed by atoms with Crippen LogP contribution in [-0.4, -0.2) is 29.0 Å². The second kappa shape index (κ2) is 9.37. The summed E-state index contributed by atoms with van der Waals surface area (Å²) in [6, 6.07) is 10.2. The lowest BCUT2D eigenvalue weighted by molar-refractivity contribution is -0.121. The molecule has 142 valence electrons. The van der Waals surface area contributed by atoms with Crippen molar-refractivity contribution in [2.75, 3.05) is 13.2 Å². The van der Waals surface area contributed by atoms with Crippen LogP contribution in [0, 0.1) is 13.8 Å². The van der Waals surface area contributed by atoms with Crippen molar-refractivity contribution in [1.82, 2.24) is 15.3 Å². The number of ether oxygens (including phenoxy) is 1. The topological polar surface area (TPSA) is 67.0 Å². The number of rotatable bonds is 9. The lowest BCUT2D eigenvalue weighted by Gasteiger charge is -2.11. The van der Waals surface area contributed by atoms with E-state index in [9.17, 15) is 4.79 Å². The summed E-state index contributed by atoms with van der Waals surface area (Å²) in [4.78, 5) is 20.7. The molecule has 0 aliphatic rings. The molecule has 0 unspecified atom stereocenters. The van der Waals surface area contributed by atoms with Crippen LogP contribution in [-0.2, 0) is 11.2 Å². The van der Waals surface area contributed by atoms with Crippen LogP contribution in [0.2, 0.25) is 0 Å².